The Labute approximate surface area is 434 Å². The number of imide groups is 1. The monoisotopic (exact) mass is 1030 g/mol. The average molecular weight is 1030 g/mol. The van der Waals surface area contributed by atoms with Gasteiger partial charge in [0.2, 0.25) is 17.6 Å². The molecule has 2 saturated heterocycles. The van der Waals surface area contributed by atoms with E-state index >= 15 is 0 Å². The van der Waals surface area contributed by atoms with Crippen molar-refractivity contribution in [2.45, 2.75) is 96.9 Å². The lowest BCUT2D eigenvalue weighted by Gasteiger charge is -2.36. The van der Waals surface area contributed by atoms with Crippen molar-refractivity contribution in [2.75, 3.05) is 47.1 Å². The molecule has 0 aliphatic carbocycles. The molecule has 4 aromatic rings. The van der Waals surface area contributed by atoms with Crippen LogP contribution >= 0.6 is 0 Å². The van der Waals surface area contributed by atoms with Crippen LogP contribution in [0.25, 0.3) is 0 Å². The predicted octanol–water partition coefficient (Wildman–Crippen LogP) is 6.17. The van der Waals surface area contributed by atoms with Crippen molar-refractivity contribution in [3.63, 3.8) is 0 Å². The van der Waals surface area contributed by atoms with E-state index in [-0.39, 0.29) is 64.0 Å². The first kappa shape index (κ1) is 54.6. The summed E-state index contributed by atoms with van der Waals surface area (Å²) in [7, 11) is 3.10. The summed E-state index contributed by atoms with van der Waals surface area (Å²) in [5.74, 6) is -2.00. The number of hydrogen-bond acceptors (Lipinski definition) is 15. The Hall–Kier alpha value is -8.16. The van der Waals surface area contributed by atoms with Gasteiger partial charge in [-0.2, -0.15) is 10.2 Å². The van der Waals surface area contributed by atoms with Gasteiger partial charge in [0.05, 0.1) is 25.6 Å². The molecule has 2 fully saturated rings. The first-order chi connectivity index (χ1) is 36.1. The van der Waals surface area contributed by atoms with Crippen LogP contribution in [0.4, 0.5) is 11.4 Å². The molecule has 0 saturated carbocycles. The highest BCUT2D eigenvalue weighted by molar-refractivity contribution is 6.38. The Morgan fingerprint density at radius 3 is 2.20 bits per heavy atom. The molecule has 0 radical (unpaired) electrons. The fourth-order valence-corrected chi connectivity index (χ4v) is 8.84. The highest BCUT2D eigenvalue weighted by Gasteiger charge is 2.42. The third-order valence-corrected chi connectivity index (χ3v) is 13.5. The summed E-state index contributed by atoms with van der Waals surface area (Å²) in [6.07, 6.45) is 2.59. The van der Waals surface area contributed by atoms with E-state index in [9.17, 15) is 38.4 Å². The number of carbonyl (C=O) groups is 8. The zero-order chi connectivity index (χ0) is 53.6. The van der Waals surface area contributed by atoms with Gasteiger partial charge in [-0.05, 0) is 117 Å². The second-order valence-corrected chi connectivity index (χ2v) is 19.0. The maximum Gasteiger partial charge on any atom is 0.329 e. The predicted molar refractivity (Wildman–Crippen MR) is 272 cm³/mol. The highest BCUT2D eigenvalue weighted by Crippen LogP contribution is 2.36. The fraction of sp³-hybridized carbons (Fsp3) is 0.418. The van der Waals surface area contributed by atoms with E-state index in [0.29, 0.717) is 89.6 Å². The molecule has 0 spiro atoms. The van der Waals surface area contributed by atoms with E-state index in [4.69, 9.17) is 23.7 Å². The van der Waals surface area contributed by atoms with Crippen LogP contribution in [0.2, 0.25) is 0 Å². The zero-order valence-corrected chi connectivity index (χ0v) is 42.8. The molecule has 6 amide bonds. The normalized spacial score (nSPS) is 16.9. The Morgan fingerprint density at radius 2 is 1.51 bits per heavy atom. The van der Waals surface area contributed by atoms with E-state index < -0.39 is 59.0 Å². The first-order valence-corrected chi connectivity index (χ1v) is 25.0. The van der Waals surface area contributed by atoms with Crippen LogP contribution in [-0.4, -0.2) is 116 Å². The Balaban J connectivity index is 0.873. The van der Waals surface area contributed by atoms with Crippen LogP contribution in [0.15, 0.2) is 95.2 Å². The second-order valence-electron chi connectivity index (χ2n) is 19.0. The molecule has 396 valence electrons. The molecule has 0 aromatic heterocycles. The molecule has 3 heterocycles. The molecule has 20 heteroatoms. The van der Waals surface area contributed by atoms with Crippen LogP contribution in [0, 0.1) is 5.41 Å². The first-order valence-electron chi connectivity index (χ1n) is 25.0. The minimum absolute atomic E-state index is 0.109. The van der Waals surface area contributed by atoms with Gasteiger partial charge in [0.25, 0.3) is 23.6 Å². The van der Waals surface area contributed by atoms with Crippen molar-refractivity contribution in [1.82, 2.24) is 25.8 Å². The molecular weight excluding hydrogens is 967 g/mol. The van der Waals surface area contributed by atoms with Crippen molar-refractivity contribution in [2.24, 2.45) is 15.6 Å². The fourth-order valence-electron chi connectivity index (χ4n) is 8.84. The number of carbonyl (C=O) groups excluding carboxylic acids is 8. The molecule has 0 bridgehead atoms. The van der Waals surface area contributed by atoms with Gasteiger partial charge >= 0.3 is 5.97 Å². The highest BCUT2D eigenvalue weighted by atomic mass is 16.5. The number of piperidine rings is 2. The molecule has 3 atom stereocenters. The number of nitrogens with zero attached hydrogens (tertiary/aromatic N) is 4. The van der Waals surface area contributed by atoms with Crippen LogP contribution in [0.1, 0.15) is 98.9 Å². The number of Topliss-reactive ketones (excluding diaryl/α,β-unsaturated/α-hetero) is 1. The van der Waals surface area contributed by atoms with Gasteiger partial charge in [-0.15, -0.1) is 0 Å². The van der Waals surface area contributed by atoms with Crippen LogP contribution in [-0.2, 0) is 51.3 Å². The topological polar surface area (TPSA) is 250 Å². The van der Waals surface area contributed by atoms with Crippen molar-refractivity contribution < 1.29 is 62.0 Å². The van der Waals surface area contributed by atoms with Gasteiger partial charge in [0, 0.05) is 49.1 Å². The maximum atomic E-state index is 14.0. The lowest BCUT2D eigenvalue weighted by Crippen LogP contribution is -2.53. The number of ether oxygens (including phenoxy) is 5. The minimum atomic E-state index is -0.931. The Bertz CT molecular complexity index is 2810. The van der Waals surface area contributed by atoms with E-state index in [1.807, 2.05) is 19.1 Å². The van der Waals surface area contributed by atoms with Gasteiger partial charge in [0.15, 0.2) is 24.7 Å². The standard InChI is InChI=1S/C55H63N7O13/c1-6-55(2,3)50(66)53(69)61-28-8-7-15-43(61)54(70)75-44(23-16-34-17-24-45(71-4)46(29-34)72-5)35-11-9-12-38(30-35)74-33-49(65)57-27-26-56-48(64)32-73-37-20-18-36(19-21-37)59-60-41-14-10-13-39-40(41)31-62(52(39)68)42-22-25-47(63)58-51(42)67/h9-14,17-21,24,29-30,42-44H,6-8,15-16,22-23,25-28,31-33H2,1-5H3,(H,56,64)(H,57,65)(H,58,63,67)/t42?,43-,44+/m0/s1. The number of aryl methyl sites for hydroxylation is 1. The number of nitrogens with one attached hydrogen (secondary N) is 3. The molecule has 7 rings (SSSR count). The number of azo groups is 1. The molecule has 20 nitrogen and oxygen atoms in total. The molecule has 3 aliphatic heterocycles. The largest absolute Gasteiger partial charge is 0.493 e. The van der Waals surface area contributed by atoms with Crippen LogP contribution in [0.5, 0.6) is 23.0 Å². The number of ketones is 1. The number of rotatable bonds is 23. The van der Waals surface area contributed by atoms with E-state index in [1.54, 1.807) is 101 Å². The lowest BCUT2D eigenvalue weighted by molar-refractivity contribution is -0.164. The van der Waals surface area contributed by atoms with Gasteiger partial charge < -0.3 is 44.1 Å². The molecule has 4 aromatic carbocycles. The number of hydrogen-bond donors (Lipinski definition) is 3. The molecule has 1 unspecified atom stereocenters. The van der Waals surface area contributed by atoms with E-state index in [0.717, 1.165) is 5.56 Å². The SMILES string of the molecule is CCC(C)(C)C(=O)C(=O)N1CCCC[C@H]1C(=O)O[C@H](CCc1ccc(OC)c(OC)c1)c1cccc(OCC(=O)NCCNC(=O)COc2ccc(N=Nc3cccc4c3CN(C3CCC(=O)NC3=O)C4=O)cc2)c1. The number of methoxy groups -OCH3 is 2. The van der Waals surface area contributed by atoms with Crippen molar-refractivity contribution in [1.29, 1.82) is 0 Å². The average Bonchev–Trinajstić information content (AvgIpc) is 3.76. The van der Waals surface area contributed by atoms with Crippen molar-refractivity contribution in [3.05, 3.63) is 107 Å². The van der Waals surface area contributed by atoms with Gasteiger partial charge in [-0.1, -0.05) is 45.0 Å². The number of fused-ring (bicyclic) bond motifs is 1. The summed E-state index contributed by atoms with van der Waals surface area (Å²) in [5, 5.41) is 16.4. The van der Waals surface area contributed by atoms with E-state index in [1.165, 1.54) is 9.80 Å². The van der Waals surface area contributed by atoms with Crippen molar-refractivity contribution >= 4 is 58.6 Å². The number of likely N-dealkylation sites (tertiary alicyclic amines) is 1. The molecule has 3 N–H and O–H groups in total. The number of benzene rings is 4. The van der Waals surface area contributed by atoms with Gasteiger partial charge in [0.1, 0.15) is 29.7 Å². The van der Waals surface area contributed by atoms with Gasteiger partial charge in [-0.3, -0.25) is 38.9 Å². The summed E-state index contributed by atoms with van der Waals surface area (Å²) >= 11 is 0. The molecule has 75 heavy (non-hydrogen) atoms. The Kier molecular flexibility index (Phi) is 18.3. The molecule has 3 aliphatic rings. The number of esters is 1. The summed E-state index contributed by atoms with van der Waals surface area (Å²) in [5.41, 5.74) is 2.63. The van der Waals surface area contributed by atoms with Crippen LogP contribution in [0.3, 0.4) is 0 Å². The Morgan fingerprint density at radius 1 is 0.800 bits per heavy atom. The summed E-state index contributed by atoms with van der Waals surface area (Å²) in [6, 6.07) is 22.4. The zero-order valence-electron chi connectivity index (χ0n) is 42.8. The number of amides is 6. The van der Waals surface area contributed by atoms with Crippen LogP contribution < -0.4 is 34.9 Å². The van der Waals surface area contributed by atoms with E-state index in [2.05, 4.69) is 26.2 Å². The third-order valence-electron chi connectivity index (χ3n) is 13.5. The van der Waals surface area contributed by atoms with Crippen molar-refractivity contribution in [3.8, 4) is 23.0 Å². The quantitative estimate of drug-likeness (QED) is 0.0247. The maximum absolute atomic E-state index is 14.0. The minimum Gasteiger partial charge on any atom is -0.493 e. The summed E-state index contributed by atoms with van der Waals surface area (Å²) in [6.45, 7) is 5.31. The summed E-state index contributed by atoms with van der Waals surface area (Å²) < 4.78 is 28.6. The summed E-state index contributed by atoms with van der Waals surface area (Å²) in [4.78, 5) is 106. The second kappa shape index (κ2) is 25.2. The smallest absolute Gasteiger partial charge is 0.329 e. The van der Waals surface area contributed by atoms with Gasteiger partial charge in [-0.25, -0.2) is 4.79 Å². The third kappa shape index (κ3) is 13.9. The molecular formula is C55H63N7O13. The lowest BCUT2D eigenvalue weighted by atomic mass is 9.84.